The van der Waals surface area contributed by atoms with E-state index in [9.17, 15) is 33.9 Å². The molecule has 0 radical (unpaired) electrons. The van der Waals surface area contributed by atoms with Gasteiger partial charge in [-0.15, -0.1) is 0 Å². The number of urea groups is 2. The molecule has 0 saturated carbocycles. The maximum Gasteiger partial charge on any atom is 1.00 e. The number of aliphatic carboxylic acids is 1. The maximum atomic E-state index is 13.4. The number of nitrogens with one attached hydrogen (secondary N) is 2. The van der Waals surface area contributed by atoms with Crippen molar-refractivity contribution in [1.29, 1.82) is 0 Å². The van der Waals surface area contributed by atoms with Gasteiger partial charge in [0.25, 0.3) is 11.6 Å². The number of ether oxygens (including phenoxy) is 1. The van der Waals surface area contributed by atoms with Crippen LogP contribution in [0.1, 0.15) is 30.2 Å². The molecule has 5 rings (SSSR count). The van der Waals surface area contributed by atoms with Crippen LogP contribution in [-0.2, 0) is 28.8 Å². The largest absolute Gasteiger partial charge is 1.00 e. The Morgan fingerprint density at radius 2 is 1.86 bits per heavy atom. The minimum absolute atomic E-state index is 0. The van der Waals surface area contributed by atoms with E-state index in [2.05, 4.69) is 15.7 Å². The Labute approximate surface area is 259 Å². The van der Waals surface area contributed by atoms with Crippen LogP contribution in [0.4, 0.5) is 9.59 Å². The molecule has 1 aromatic heterocycles. The number of carboxylic acid groups (broad SMARTS) is 1. The van der Waals surface area contributed by atoms with Crippen molar-refractivity contribution < 1.29 is 77.4 Å². The van der Waals surface area contributed by atoms with Crippen molar-refractivity contribution >= 4 is 42.0 Å². The number of esters is 1. The van der Waals surface area contributed by atoms with Crippen molar-refractivity contribution in [3.05, 3.63) is 60.1 Å². The number of amides is 6. The molecule has 0 aliphatic carbocycles. The molecule has 16 nitrogen and oxygen atoms in total. The third kappa shape index (κ3) is 6.01. The molecular weight excluding hydrogens is 567 g/mol. The van der Waals surface area contributed by atoms with E-state index in [1.165, 1.54) is 12.5 Å². The summed E-state index contributed by atoms with van der Waals surface area (Å²) < 4.78 is 9.99. The fourth-order valence-corrected chi connectivity index (χ4v) is 4.46. The van der Waals surface area contributed by atoms with E-state index in [1.54, 1.807) is 42.5 Å². The summed E-state index contributed by atoms with van der Waals surface area (Å²) >= 11 is 0. The van der Waals surface area contributed by atoms with Crippen molar-refractivity contribution in [3.63, 3.8) is 0 Å². The van der Waals surface area contributed by atoms with E-state index < -0.39 is 66.7 Å². The molecule has 1 unspecified atom stereocenters. The normalized spacial score (nSPS) is 22.7. The molecule has 2 aromatic rings. The summed E-state index contributed by atoms with van der Waals surface area (Å²) in [5, 5.41) is 22.2. The van der Waals surface area contributed by atoms with Crippen LogP contribution < -0.4 is 45.3 Å². The Bertz CT molecular complexity index is 1400. The van der Waals surface area contributed by atoms with Crippen LogP contribution in [0.2, 0.25) is 0 Å². The first kappa shape index (κ1) is 30.7. The molecule has 42 heavy (non-hydrogen) atoms. The van der Waals surface area contributed by atoms with Crippen LogP contribution in [0.3, 0.4) is 0 Å². The van der Waals surface area contributed by atoms with Gasteiger partial charge in [-0.3, -0.25) is 19.2 Å². The van der Waals surface area contributed by atoms with E-state index in [-0.39, 0.29) is 49.1 Å². The van der Waals surface area contributed by atoms with Crippen LogP contribution in [0, 0.1) is 0 Å². The number of hydrogen-bond acceptors (Lipinski definition) is 11. The number of furan rings is 1. The first-order chi connectivity index (χ1) is 19.7. The van der Waals surface area contributed by atoms with Gasteiger partial charge < -0.3 is 29.7 Å². The van der Waals surface area contributed by atoms with Crippen LogP contribution >= 0.6 is 0 Å². The first-order valence-corrected chi connectivity index (χ1v) is 12.4. The first-order valence-electron chi connectivity index (χ1n) is 12.4. The van der Waals surface area contributed by atoms with E-state index >= 15 is 0 Å². The van der Waals surface area contributed by atoms with Crippen molar-refractivity contribution in [2.24, 2.45) is 5.10 Å². The number of nitrogens with zero attached hydrogens (tertiary/aromatic N) is 4. The Morgan fingerprint density at radius 3 is 2.50 bits per heavy atom. The molecule has 3 aliphatic heterocycles. The predicted octanol–water partition coefficient (Wildman–Crippen LogP) is -4.15. The minimum Gasteiger partial charge on any atom is -0.544 e. The molecular formula is C25H23N6NaO10. The fraction of sp³-hybridized carbons (Fsp3) is 0.320. The Kier molecular flexibility index (Phi) is 9.30. The number of carbonyl (C=O) groups is 6. The number of hydroxylamine groups is 2. The number of hydrogen-bond donors (Lipinski definition) is 2. The van der Waals surface area contributed by atoms with Gasteiger partial charge in [0.1, 0.15) is 30.4 Å². The molecule has 1 aromatic carbocycles. The summed E-state index contributed by atoms with van der Waals surface area (Å²) in [6.07, 6.45) is 2.09. The molecule has 214 valence electrons. The standard InChI is InChI=1S/C25H24N6O10.Na/c32-18-8-9-25(41-18,22(35)36)31-21(34)17(14-40-31)27-20(33)19(15-5-2-1-3-6-15)28-23(37)29-10-11-30(24(29)38)26-13-16-7-4-12-39-16;/h1-7,12-13,17,19H,8-11,14H2,(H,27,33)(H,28,37)(H,35,36);/q;+1/p-1/t17-,19+,25?;/m0./s1. The number of rotatable bonds is 8. The van der Waals surface area contributed by atoms with Crippen molar-refractivity contribution in [2.45, 2.75) is 30.7 Å². The van der Waals surface area contributed by atoms with Gasteiger partial charge in [0.15, 0.2) is 0 Å². The Hall–Kier alpha value is -4.25. The molecule has 4 heterocycles. The number of imide groups is 1. The average molecular weight is 590 g/mol. The predicted molar refractivity (Wildman–Crippen MR) is 131 cm³/mol. The second-order valence-corrected chi connectivity index (χ2v) is 9.15. The molecule has 3 aliphatic rings. The van der Waals surface area contributed by atoms with Crippen molar-refractivity contribution in [2.75, 3.05) is 19.7 Å². The molecule has 3 atom stereocenters. The second-order valence-electron chi connectivity index (χ2n) is 9.15. The van der Waals surface area contributed by atoms with Gasteiger partial charge in [-0.05, 0) is 17.7 Å². The maximum absolute atomic E-state index is 13.4. The number of cyclic esters (lactones) is 1. The van der Waals surface area contributed by atoms with Crippen LogP contribution in [0.15, 0.2) is 58.2 Å². The van der Waals surface area contributed by atoms with Crippen molar-refractivity contribution in [3.8, 4) is 0 Å². The third-order valence-electron chi connectivity index (χ3n) is 6.55. The monoisotopic (exact) mass is 590 g/mol. The number of carboxylic acids is 1. The zero-order valence-electron chi connectivity index (χ0n) is 22.3. The summed E-state index contributed by atoms with van der Waals surface area (Å²) in [7, 11) is 0. The summed E-state index contributed by atoms with van der Waals surface area (Å²) in [6.45, 7) is -0.392. The van der Waals surface area contributed by atoms with Crippen LogP contribution in [-0.4, -0.2) is 88.5 Å². The van der Waals surface area contributed by atoms with Crippen molar-refractivity contribution in [1.82, 2.24) is 25.6 Å². The summed E-state index contributed by atoms with van der Waals surface area (Å²) in [5.41, 5.74) is -2.13. The zero-order valence-corrected chi connectivity index (χ0v) is 24.3. The molecule has 0 spiro atoms. The number of carbonyl (C=O) groups excluding carboxylic acids is 6. The smallest absolute Gasteiger partial charge is 0.544 e. The van der Waals surface area contributed by atoms with E-state index in [0.29, 0.717) is 16.4 Å². The van der Waals surface area contributed by atoms with Gasteiger partial charge >= 0.3 is 47.6 Å². The SMILES string of the molecule is O=C1CCC(C(=O)[O-])(N2OC[C@H](NC(=O)[C@H](NC(=O)N3CCN(N=Cc4ccco4)C3=O)c3ccccc3)C2=O)O1.[Na+]. The summed E-state index contributed by atoms with van der Waals surface area (Å²) in [5.74, 6) is -4.14. The fourth-order valence-electron chi connectivity index (χ4n) is 4.46. The molecule has 3 saturated heterocycles. The molecule has 17 heteroatoms. The zero-order chi connectivity index (χ0) is 29.1. The van der Waals surface area contributed by atoms with Gasteiger partial charge in [-0.1, -0.05) is 30.3 Å². The summed E-state index contributed by atoms with van der Waals surface area (Å²) in [4.78, 5) is 81.7. The third-order valence-corrected chi connectivity index (χ3v) is 6.55. The Balaban J connectivity index is 0.00000405. The number of benzene rings is 1. The van der Waals surface area contributed by atoms with Gasteiger partial charge in [0.05, 0.1) is 32.0 Å². The second kappa shape index (κ2) is 12.7. The van der Waals surface area contributed by atoms with E-state index in [1.807, 2.05) is 0 Å². The summed E-state index contributed by atoms with van der Waals surface area (Å²) in [6, 6.07) is 6.97. The van der Waals surface area contributed by atoms with Crippen LogP contribution in [0.25, 0.3) is 0 Å². The molecule has 0 bridgehead atoms. The molecule has 3 fully saturated rings. The molecule has 6 amide bonds. The minimum atomic E-state index is -2.46. The van der Waals surface area contributed by atoms with E-state index in [0.717, 1.165) is 9.91 Å². The average Bonchev–Trinajstić information content (AvgIpc) is 3.76. The number of hydrazone groups is 1. The van der Waals surface area contributed by atoms with Crippen LogP contribution in [0.5, 0.6) is 0 Å². The topological polar surface area (TPSA) is 203 Å². The van der Waals surface area contributed by atoms with Gasteiger partial charge in [-0.2, -0.15) is 10.2 Å². The molecule has 2 N–H and O–H groups in total. The van der Waals surface area contributed by atoms with E-state index in [4.69, 9.17) is 14.0 Å². The Morgan fingerprint density at radius 1 is 1.10 bits per heavy atom. The quantitative estimate of drug-likeness (QED) is 0.173. The van der Waals surface area contributed by atoms with Gasteiger partial charge in [-0.25, -0.2) is 19.5 Å². The van der Waals surface area contributed by atoms with Gasteiger partial charge in [0, 0.05) is 6.42 Å². The van der Waals surface area contributed by atoms with Gasteiger partial charge in [0.2, 0.25) is 5.91 Å².